The molecule has 0 spiro atoms. The molecule has 0 bridgehead atoms. The van der Waals surface area contributed by atoms with Gasteiger partial charge >= 0.3 is 0 Å². The summed E-state index contributed by atoms with van der Waals surface area (Å²) in [5, 5.41) is 13.8. The van der Waals surface area contributed by atoms with Crippen LogP contribution in [0.3, 0.4) is 0 Å². The fourth-order valence-electron chi connectivity index (χ4n) is 2.84. The average Bonchev–Trinajstić information content (AvgIpc) is 2.63. The van der Waals surface area contributed by atoms with Crippen LogP contribution in [0.25, 0.3) is 0 Å². The van der Waals surface area contributed by atoms with Crippen molar-refractivity contribution in [1.29, 1.82) is 5.26 Å². The molecule has 2 rings (SSSR count). The standard InChI is InChI=1S/C16H22ClN3/c1-2-9-20-10-4-7-16(13-18,8-11-20)19-15-6-3-5-14(17)12-15/h3,5-6,12,19H,2,4,7-11H2,1H3. The molecule has 1 saturated heterocycles. The fraction of sp³-hybridized carbons (Fsp3) is 0.562. The van der Waals surface area contributed by atoms with E-state index in [4.69, 9.17) is 11.6 Å². The molecule has 0 aromatic heterocycles. The first-order valence-corrected chi connectivity index (χ1v) is 7.72. The Bertz CT molecular complexity index is 483. The Morgan fingerprint density at radius 1 is 1.40 bits per heavy atom. The van der Waals surface area contributed by atoms with E-state index in [1.165, 1.54) is 6.42 Å². The van der Waals surface area contributed by atoms with Gasteiger partial charge in [0.2, 0.25) is 0 Å². The SMILES string of the molecule is CCCN1CCCC(C#N)(Nc2cccc(Cl)c2)CC1. The molecule has 20 heavy (non-hydrogen) atoms. The second-order valence-corrected chi connectivity index (χ2v) is 5.96. The van der Waals surface area contributed by atoms with Gasteiger partial charge in [0, 0.05) is 17.3 Å². The van der Waals surface area contributed by atoms with Gasteiger partial charge in [0.1, 0.15) is 5.54 Å². The molecule has 1 aliphatic rings. The number of rotatable bonds is 4. The second-order valence-electron chi connectivity index (χ2n) is 5.52. The second kappa shape index (κ2) is 6.97. The Morgan fingerprint density at radius 3 is 2.95 bits per heavy atom. The molecule has 1 aromatic carbocycles. The summed E-state index contributed by atoms with van der Waals surface area (Å²) >= 11 is 6.02. The van der Waals surface area contributed by atoms with E-state index in [0.717, 1.165) is 44.6 Å². The van der Waals surface area contributed by atoms with E-state index in [-0.39, 0.29) is 0 Å². The summed E-state index contributed by atoms with van der Waals surface area (Å²) < 4.78 is 0. The van der Waals surface area contributed by atoms with Crippen molar-refractivity contribution >= 4 is 17.3 Å². The highest BCUT2D eigenvalue weighted by Crippen LogP contribution is 2.27. The minimum absolute atomic E-state index is 0.465. The molecular formula is C16H22ClN3. The Morgan fingerprint density at radius 2 is 2.25 bits per heavy atom. The minimum atomic E-state index is -0.465. The van der Waals surface area contributed by atoms with Crippen molar-refractivity contribution in [2.24, 2.45) is 0 Å². The molecule has 1 fully saturated rings. The van der Waals surface area contributed by atoms with Crippen molar-refractivity contribution in [3.8, 4) is 6.07 Å². The van der Waals surface area contributed by atoms with Crippen molar-refractivity contribution in [3.05, 3.63) is 29.3 Å². The zero-order chi connectivity index (χ0) is 14.4. The van der Waals surface area contributed by atoms with E-state index < -0.39 is 5.54 Å². The number of nitriles is 1. The molecule has 4 heteroatoms. The lowest BCUT2D eigenvalue weighted by atomic mass is 9.92. The maximum atomic E-state index is 9.65. The summed E-state index contributed by atoms with van der Waals surface area (Å²) in [6.07, 6.45) is 3.97. The Balaban J connectivity index is 2.08. The number of likely N-dealkylation sites (tertiary alicyclic amines) is 1. The topological polar surface area (TPSA) is 39.1 Å². The van der Waals surface area contributed by atoms with E-state index >= 15 is 0 Å². The predicted molar refractivity (Wildman–Crippen MR) is 84.0 cm³/mol. The van der Waals surface area contributed by atoms with Crippen LogP contribution >= 0.6 is 11.6 Å². The van der Waals surface area contributed by atoms with Gasteiger partial charge in [-0.15, -0.1) is 0 Å². The molecule has 0 aliphatic carbocycles. The lowest BCUT2D eigenvalue weighted by molar-refractivity contribution is 0.283. The van der Waals surface area contributed by atoms with Crippen molar-refractivity contribution in [1.82, 2.24) is 4.90 Å². The Kier molecular flexibility index (Phi) is 5.28. The predicted octanol–water partition coefficient (Wildman–Crippen LogP) is 3.91. The van der Waals surface area contributed by atoms with Crippen molar-refractivity contribution < 1.29 is 0 Å². The highest BCUT2D eigenvalue weighted by molar-refractivity contribution is 6.30. The Labute approximate surface area is 126 Å². The van der Waals surface area contributed by atoms with Gasteiger partial charge in [0.15, 0.2) is 0 Å². The smallest absolute Gasteiger partial charge is 0.126 e. The third-order valence-corrected chi connectivity index (χ3v) is 4.13. The van der Waals surface area contributed by atoms with Crippen molar-refractivity contribution in [3.63, 3.8) is 0 Å². The van der Waals surface area contributed by atoms with E-state index in [9.17, 15) is 5.26 Å². The molecule has 1 atom stereocenters. The first-order valence-electron chi connectivity index (χ1n) is 7.35. The van der Waals surface area contributed by atoms with Crippen molar-refractivity contribution in [2.45, 2.75) is 38.1 Å². The zero-order valence-corrected chi connectivity index (χ0v) is 12.8. The zero-order valence-electron chi connectivity index (χ0n) is 12.0. The largest absolute Gasteiger partial charge is 0.367 e. The first-order chi connectivity index (χ1) is 9.67. The highest BCUT2D eigenvalue weighted by Gasteiger charge is 2.32. The highest BCUT2D eigenvalue weighted by atomic mass is 35.5. The molecule has 1 unspecified atom stereocenters. The van der Waals surface area contributed by atoms with Crippen LogP contribution in [0.15, 0.2) is 24.3 Å². The monoisotopic (exact) mass is 291 g/mol. The number of nitrogens with zero attached hydrogens (tertiary/aromatic N) is 2. The molecule has 1 aromatic rings. The van der Waals surface area contributed by atoms with E-state index in [1.807, 2.05) is 24.3 Å². The van der Waals surface area contributed by atoms with Crippen LogP contribution in [-0.2, 0) is 0 Å². The van der Waals surface area contributed by atoms with E-state index in [2.05, 4.69) is 23.2 Å². The molecule has 0 saturated carbocycles. The summed E-state index contributed by atoms with van der Waals surface area (Å²) in [4.78, 5) is 2.46. The molecule has 0 amide bonds. The lowest BCUT2D eigenvalue weighted by Crippen LogP contribution is -2.38. The van der Waals surface area contributed by atoms with Crippen LogP contribution in [0.4, 0.5) is 5.69 Å². The normalized spacial score (nSPS) is 23.9. The number of hydrogen-bond acceptors (Lipinski definition) is 3. The van der Waals surface area contributed by atoms with Gasteiger partial charge in [0.05, 0.1) is 6.07 Å². The lowest BCUT2D eigenvalue weighted by Gasteiger charge is -2.28. The van der Waals surface area contributed by atoms with Crippen LogP contribution in [0.2, 0.25) is 5.02 Å². The number of nitrogens with one attached hydrogen (secondary N) is 1. The summed E-state index contributed by atoms with van der Waals surface area (Å²) in [5.74, 6) is 0. The van der Waals surface area contributed by atoms with Gasteiger partial charge in [-0.05, 0) is 57.0 Å². The van der Waals surface area contributed by atoms with Gasteiger partial charge in [0.25, 0.3) is 0 Å². The molecule has 3 nitrogen and oxygen atoms in total. The summed E-state index contributed by atoms with van der Waals surface area (Å²) in [6.45, 7) is 5.40. The Hall–Kier alpha value is -1.24. The summed E-state index contributed by atoms with van der Waals surface area (Å²) in [7, 11) is 0. The minimum Gasteiger partial charge on any atom is -0.367 e. The molecule has 1 N–H and O–H groups in total. The third kappa shape index (κ3) is 3.88. The summed E-state index contributed by atoms with van der Waals surface area (Å²) in [5.41, 5.74) is 0.468. The van der Waals surface area contributed by atoms with E-state index in [1.54, 1.807) is 0 Å². The molecule has 0 radical (unpaired) electrons. The quantitative estimate of drug-likeness (QED) is 0.914. The van der Waals surface area contributed by atoms with Crippen LogP contribution in [0, 0.1) is 11.3 Å². The summed E-state index contributed by atoms with van der Waals surface area (Å²) in [6, 6.07) is 10.1. The van der Waals surface area contributed by atoms with Crippen LogP contribution < -0.4 is 5.32 Å². The van der Waals surface area contributed by atoms with Crippen LogP contribution in [-0.4, -0.2) is 30.1 Å². The third-order valence-electron chi connectivity index (χ3n) is 3.89. The first kappa shape index (κ1) is 15.2. The van der Waals surface area contributed by atoms with Crippen LogP contribution in [0.1, 0.15) is 32.6 Å². The number of benzene rings is 1. The molecule has 1 heterocycles. The molecular weight excluding hydrogens is 270 g/mol. The van der Waals surface area contributed by atoms with Gasteiger partial charge in [-0.2, -0.15) is 5.26 Å². The van der Waals surface area contributed by atoms with Crippen LogP contribution in [0.5, 0.6) is 0 Å². The van der Waals surface area contributed by atoms with Gasteiger partial charge in [-0.3, -0.25) is 0 Å². The maximum absolute atomic E-state index is 9.65. The van der Waals surface area contributed by atoms with Gasteiger partial charge in [-0.25, -0.2) is 0 Å². The number of halogens is 1. The average molecular weight is 292 g/mol. The van der Waals surface area contributed by atoms with Crippen molar-refractivity contribution in [2.75, 3.05) is 25.0 Å². The maximum Gasteiger partial charge on any atom is 0.126 e. The number of anilines is 1. The van der Waals surface area contributed by atoms with Gasteiger partial charge < -0.3 is 10.2 Å². The van der Waals surface area contributed by atoms with Gasteiger partial charge in [-0.1, -0.05) is 24.6 Å². The van der Waals surface area contributed by atoms with E-state index in [0.29, 0.717) is 5.02 Å². The molecule has 1 aliphatic heterocycles. The molecule has 108 valence electrons. The number of hydrogen-bond donors (Lipinski definition) is 1. The fourth-order valence-corrected chi connectivity index (χ4v) is 3.03.